The fraction of sp³-hybridized carbons (Fsp3) is 0.526. The van der Waals surface area contributed by atoms with Crippen LogP contribution in [0.1, 0.15) is 30.5 Å². The molecule has 4 nitrogen and oxygen atoms in total. The smallest absolute Gasteiger partial charge is 0.119 e. The number of aryl methyl sites for hydroxylation is 1. The molecule has 0 saturated heterocycles. The molecule has 0 unspecified atom stereocenters. The van der Waals surface area contributed by atoms with E-state index < -0.39 is 0 Å². The van der Waals surface area contributed by atoms with Crippen molar-refractivity contribution < 1.29 is 4.74 Å². The number of fused-ring (bicyclic) bond motifs is 2. The van der Waals surface area contributed by atoms with Gasteiger partial charge in [-0.2, -0.15) is 0 Å². The molecular weight excluding hydrogens is 322 g/mol. The van der Waals surface area contributed by atoms with Gasteiger partial charge >= 0.3 is 0 Å². The molecule has 5 heteroatoms. The van der Waals surface area contributed by atoms with Crippen molar-refractivity contribution >= 4 is 29.0 Å². The number of nitrogens with one attached hydrogen (secondary N) is 1. The molecule has 24 heavy (non-hydrogen) atoms. The quantitative estimate of drug-likeness (QED) is 0.802. The van der Waals surface area contributed by atoms with Gasteiger partial charge < -0.3 is 15.0 Å². The molecule has 0 spiro atoms. The second-order valence-corrected chi connectivity index (χ2v) is 6.59. The SMILES string of the molecule is COc1ccc2nc3c(c(NCCCN(C)C)c2c1)CCCC3.Cl. The second-order valence-electron chi connectivity index (χ2n) is 6.59. The van der Waals surface area contributed by atoms with E-state index >= 15 is 0 Å². The van der Waals surface area contributed by atoms with Crippen molar-refractivity contribution in [1.82, 2.24) is 9.88 Å². The predicted octanol–water partition coefficient (Wildman–Crippen LogP) is 3.91. The molecule has 0 aliphatic heterocycles. The average Bonchev–Trinajstić information content (AvgIpc) is 2.57. The largest absolute Gasteiger partial charge is 0.497 e. The summed E-state index contributed by atoms with van der Waals surface area (Å²) >= 11 is 0. The Morgan fingerprint density at radius 3 is 2.75 bits per heavy atom. The topological polar surface area (TPSA) is 37.4 Å². The Morgan fingerprint density at radius 2 is 2.00 bits per heavy atom. The predicted molar refractivity (Wildman–Crippen MR) is 104 cm³/mol. The number of methoxy groups -OCH3 is 1. The van der Waals surface area contributed by atoms with Crippen LogP contribution in [0.15, 0.2) is 18.2 Å². The van der Waals surface area contributed by atoms with Crippen molar-refractivity contribution in [3.63, 3.8) is 0 Å². The van der Waals surface area contributed by atoms with Gasteiger partial charge in [0.05, 0.1) is 12.6 Å². The number of hydrogen-bond donors (Lipinski definition) is 1. The summed E-state index contributed by atoms with van der Waals surface area (Å²) in [5.41, 5.74) is 5.05. The van der Waals surface area contributed by atoms with Gasteiger partial charge in [0.25, 0.3) is 0 Å². The van der Waals surface area contributed by atoms with Crippen molar-refractivity contribution in [1.29, 1.82) is 0 Å². The number of anilines is 1. The number of aromatic nitrogens is 1. The third kappa shape index (κ3) is 4.11. The van der Waals surface area contributed by atoms with E-state index in [9.17, 15) is 0 Å². The van der Waals surface area contributed by atoms with Gasteiger partial charge in [0.2, 0.25) is 0 Å². The van der Waals surface area contributed by atoms with Gasteiger partial charge in [0.15, 0.2) is 0 Å². The van der Waals surface area contributed by atoms with Gasteiger partial charge in [0, 0.05) is 23.3 Å². The molecule has 132 valence electrons. The first kappa shape index (κ1) is 18.8. The summed E-state index contributed by atoms with van der Waals surface area (Å²) in [7, 11) is 5.96. The first-order valence-electron chi connectivity index (χ1n) is 8.57. The van der Waals surface area contributed by atoms with Crippen molar-refractivity contribution in [2.75, 3.05) is 39.6 Å². The molecule has 0 radical (unpaired) electrons. The zero-order valence-electron chi connectivity index (χ0n) is 14.9. The van der Waals surface area contributed by atoms with Gasteiger partial charge in [-0.05, 0) is 76.5 Å². The lowest BCUT2D eigenvalue weighted by Gasteiger charge is -2.22. The van der Waals surface area contributed by atoms with Gasteiger partial charge in [0.1, 0.15) is 5.75 Å². The van der Waals surface area contributed by atoms with Crippen molar-refractivity contribution in [3.05, 3.63) is 29.5 Å². The van der Waals surface area contributed by atoms with E-state index in [1.807, 2.05) is 6.07 Å². The summed E-state index contributed by atoms with van der Waals surface area (Å²) in [5, 5.41) is 4.89. The van der Waals surface area contributed by atoms with Crippen molar-refractivity contribution in [2.24, 2.45) is 0 Å². The molecule has 0 fully saturated rings. The fourth-order valence-electron chi connectivity index (χ4n) is 3.34. The molecule has 1 heterocycles. The highest BCUT2D eigenvalue weighted by atomic mass is 35.5. The monoisotopic (exact) mass is 349 g/mol. The minimum Gasteiger partial charge on any atom is -0.497 e. The number of benzene rings is 1. The van der Waals surface area contributed by atoms with Crippen LogP contribution >= 0.6 is 12.4 Å². The standard InChI is InChI=1S/C19H27N3O.ClH/c1-22(2)12-6-11-20-19-15-7-4-5-8-17(15)21-18-10-9-14(23-3)13-16(18)19;/h9-10,13H,4-8,11-12H2,1-3H3,(H,20,21);1H. The third-order valence-electron chi connectivity index (χ3n) is 4.55. The molecule has 2 aromatic rings. The normalized spacial score (nSPS) is 13.5. The maximum absolute atomic E-state index is 5.42. The molecule has 3 rings (SSSR count). The summed E-state index contributed by atoms with van der Waals surface area (Å²) in [6.07, 6.45) is 5.88. The summed E-state index contributed by atoms with van der Waals surface area (Å²) in [6, 6.07) is 6.19. The van der Waals surface area contributed by atoms with Crippen LogP contribution in [0.2, 0.25) is 0 Å². The van der Waals surface area contributed by atoms with Crippen LogP contribution in [0.4, 0.5) is 5.69 Å². The van der Waals surface area contributed by atoms with Crippen LogP contribution in [0, 0.1) is 0 Å². The van der Waals surface area contributed by atoms with E-state index in [0.717, 1.165) is 43.6 Å². The number of nitrogens with zero attached hydrogens (tertiary/aromatic N) is 2. The van der Waals surface area contributed by atoms with Crippen LogP contribution in [-0.4, -0.2) is 44.2 Å². The summed E-state index contributed by atoms with van der Waals surface area (Å²) in [5.74, 6) is 0.895. The molecule has 0 saturated carbocycles. The summed E-state index contributed by atoms with van der Waals surface area (Å²) in [4.78, 5) is 7.13. The Labute approximate surface area is 151 Å². The van der Waals surface area contributed by atoms with E-state index in [1.165, 1.54) is 35.2 Å². The Balaban J connectivity index is 0.00000208. The molecule has 1 aliphatic carbocycles. The molecule has 0 bridgehead atoms. The molecular formula is C19H28ClN3O. The van der Waals surface area contributed by atoms with Crippen LogP contribution in [0.5, 0.6) is 5.75 Å². The number of rotatable bonds is 6. The lowest BCUT2D eigenvalue weighted by Crippen LogP contribution is -2.18. The zero-order valence-corrected chi connectivity index (χ0v) is 15.7. The van der Waals surface area contributed by atoms with E-state index in [0.29, 0.717) is 0 Å². The first-order chi connectivity index (χ1) is 11.2. The van der Waals surface area contributed by atoms with Crippen molar-refractivity contribution in [2.45, 2.75) is 32.1 Å². The zero-order chi connectivity index (χ0) is 16.2. The molecule has 0 atom stereocenters. The Morgan fingerprint density at radius 1 is 1.21 bits per heavy atom. The molecule has 1 aliphatic rings. The number of hydrogen-bond acceptors (Lipinski definition) is 4. The Kier molecular flexibility index (Phi) is 6.69. The number of pyridine rings is 1. The van der Waals surface area contributed by atoms with E-state index in [-0.39, 0.29) is 12.4 Å². The van der Waals surface area contributed by atoms with Gasteiger partial charge in [-0.3, -0.25) is 4.98 Å². The highest BCUT2D eigenvalue weighted by Gasteiger charge is 2.18. The third-order valence-corrected chi connectivity index (χ3v) is 4.55. The highest BCUT2D eigenvalue weighted by molar-refractivity contribution is 5.94. The van der Waals surface area contributed by atoms with E-state index in [1.54, 1.807) is 7.11 Å². The van der Waals surface area contributed by atoms with Crippen LogP contribution in [-0.2, 0) is 12.8 Å². The van der Waals surface area contributed by atoms with Gasteiger partial charge in [-0.1, -0.05) is 0 Å². The van der Waals surface area contributed by atoms with Crippen LogP contribution in [0.25, 0.3) is 10.9 Å². The lowest BCUT2D eigenvalue weighted by molar-refractivity contribution is 0.405. The van der Waals surface area contributed by atoms with Gasteiger partial charge in [-0.15, -0.1) is 12.4 Å². The summed E-state index contributed by atoms with van der Waals surface area (Å²) in [6.45, 7) is 2.09. The van der Waals surface area contributed by atoms with Crippen LogP contribution in [0.3, 0.4) is 0 Å². The Hall–Kier alpha value is -1.52. The maximum atomic E-state index is 5.42. The summed E-state index contributed by atoms with van der Waals surface area (Å²) < 4.78 is 5.42. The molecule has 1 aromatic heterocycles. The van der Waals surface area contributed by atoms with Gasteiger partial charge in [-0.25, -0.2) is 0 Å². The van der Waals surface area contributed by atoms with Crippen molar-refractivity contribution in [3.8, 4) is 5.75 Å². The first-order valence-corrected chi connectivity index (χ1v) is 8.57. The molecule has 1 N–H and O–H groups in total. The minimum atomic E-state index is 0. The molecule has 0 amide bonds. The van der Waals surface area contributed by atoms with E-state index in [4.69, 9.17) is 9.72 Å². The highest BCUT2D eigenvalue weighted by Crippen LogP contribution is 2.34. The maximum Gasteiger partial charge on any atom is 0.119 e. The number of ether oxygens (including phenoxy) is 1. The van der Waals surface area contributed by atoms with E-state index in [2.05, 4.69) is 36.4 Å². The lowest BCUT2D eigenvalue weighted by atomic mass is 9.92. The molecule has 1 aromatic carbocycles. The minimum absolute atomic E-state index is 0. The number of halogens is 1. The fourth-order valence-corrected chi connectivity index (χ4v) is 3.34. The van der Waals surface area contributed by atoms with Crippen LogP contribution < -0.4 is 10.1 Å². The average molecular weight is 350 g/mol. The Bertz CT molecular complexity index is 688. The second kappa shape index (κ2) is 8.54.